The molecule has 0 saturated carbocycles. The quantitative estimate of drug-likeness (QED) is 0.814. The van der Waals surface area contributed by atoms with Crippen LogP contribution in [0.2, 0.25) is 5.02 Å². The average Bonchev–Trinajstić information content (AvgIpc) is 2.48. The van der Waals surface area contributed by atoms with Crippen molar-refractivity contribution in [1.82, 2.24) is 5.32 Å². The first kappa shape index (κ1) is 16.2. The van der Waals surface area contributed by atoms with E-state index in [1.165, 1.54) is 0 Å². The van der Waals surface area contributed by atoms with E-state index >= 15 is 0 Å². The predicted octanol–water partition coefficient (Wildman–Crippen LogP) is 4.12. The van der Waals surface area contributed by atoms with Gasteiger partial charge in [-0.2, -0.15) is 0 Å². The summed E-state index contributed by atoms with van der Waals surface area (Å²) in [5.41, 5.74) is 0.492. The molecule has 0 radical (unpaired) electrons. The Labute approximate surface area is 130 Å². The van der Waals surface area contributed by atoms with E-state index in [1.54, 1.807) is 18.2 Å². The van der Waals surface area contributed by atoms with Gasteiger partial charge in [-0.3, -0.25) is 0 Å². The second kappa shape index (κ2) is 7.17. The highest BCUT2D eigenvalue weighted by Gasteiger charge is 2.14. The van der Waals surface area contributed by atoms with E-state index in [1.807, 2.05) is 6.07 Å². The number of amides is 2. The summed E-state index contributed by atoms with van der Waals surface area (Å²) in [5, 5.41) is 5.19. The van der Waals surface area contributed by atoms with Crippen LogP contribution in [-0.4, -0.2) is 12.6 Å². The molecule has 0 heterocycles. The molecule has 2 amide bonds. The van der Waals surface area contributed by atoms with Gasteiger partial charge in [-0.05, 0) is 36.2 Å². The zero-order chi connectivity index (χ0) is 16.1. The van der Waals surface area contributed by atoms with E-state index in [2.05, 4.69) is 10.6 Å². The molecule has 2 aromatic carbocycles. The minimum Gasteiger partial charge on any atom is -0.338 e. The zero-order valence-electron chi connectivity index (χ0n) is 11.3. The number of benzene rings is 2. The third-order valence-electron chi connectivity index (χ3n) is 2.87. The summed E-state index contributed by atoms with van der Waals surface area (Å²) in [7, 11) is 0. The molecule has 0 bridgehead atoms. The molecular formula is C15H12ClF3N2O. The first-order valence-electron chi connectivity index (χ1n) is 6.40. The number of carbonyl (C=O) groups excluding carboxylic acids is 1. The minimum absolute atomic E-state index is 0.275. The Kier molecular flexibility index (Phi) is 5.27. The third-order valence-corrected chi connectivity index (χ3v) is 3.11. The molecule has 2 N–H and O–H groups in total. The maximum absolute atomic E-state index is 13.4. The Balaban J connectivity index is 1.87. The van der Waals surface area contributed by atoms with Gasteiger partial charge < -0.3 is 10.6 Å². The van der Waals surface area contributed by atoms with Crippen LogP contribution in [0.3, 0.4) is 0 Å². The Morgan fingerprint density at radius 3 is 2.59 bits per heavy atom. The number of carbonyl (C=O) groups is 1. The fraction of sp³-hybridized carbons (Fsp3) is 0.133. The molecule has 2 rings (SSSR count). The Hall–Kier alpha value is -2.21. The fourth-order valence-electron chi connectivity index (χ4n) is 1.80. The highest BCUT2D eigenvalue weighted by Crippen LogP contribution is 2.19. The first-order valence-corrected chi connectivity index (χ1v) is 6.78. The summed E-state index contributed by atoms with van der Waals surface area (Å²) in [6.45, 7) is 0.275. The smallest absolute Gasteiger partial charge is 0.319 e. The number of halogens is 4. The van der Waals surface area contributed by atoms with Crippen LogP contribution in [-0.2, 0) is 6.42 Å². The number of hydrogen-bond donors (Lipinski definition) is 2. The molecule has 116 valence electrons. The van der Waals surface area contributed by atoms with Gasteiger partial charge in [-0.25, -0.2) is 18.0 Å². The van der Waals surface area contributed by atoms with Crippen LogP contribution in [0.1, 0.15) is 5.56 Å². The normalized spacial score (nSPS) is 10.4. The molecule has 3 nitrogen and oxygen atoms in total. The minimum atomic E-state index is -1.63. The van der Waals surface area contributed by atoms with Gasteiger partial charge in [0.15, 0.2) is 17.5 Å². The molecule has 0 atom stereocenters. The zero-order valence-corrected chi connectivity index (χ0v) is 12.1. The lowest BCUT2D eigenvalue weighted by atomic mass is 10.1. The molecule has 0 spiro atoms. The van der Waals surface area contributed by atoms with E-state index in [4.69, 9.17) is 11.6 Å². The van der Waals surface area contributed by atoms with E-state index in [-0.39, 0.29) is 6.54 Å². The summed E-state index contributed by atoms with van der Waals surface area (Å²) in [5.74, 6) is -4.38. The monoisotopic (exact) mass is 328 g/mol. The molecular weight excluding hydrogens is 317 g/mol. The lowest BCUT2D eigenvalue weighted by molar-refractivity contribution is 0.252. The Morgan fingerprint density at radius 2 is 1.86 bits per heavy atom. The first-order chi connectivity index (χ1) is 10.5. The number of hydrogen-bond acceptors (Lipinski definition) is 1. The van der Waals surface area contributed by atoms with Crippen LogP contribution in [0, 0.1) is 17.5 Å². The SMILES string of the molecule is O=C(NCCc1cccc(Cl)c1)Nc1ccc(F)c(F)c1F. The molecule has 22 heavy (non-hydrogen) atoms. The van der Waals surface area contributed by atoms with Crippen molar-refractivity contribution in [2.75, 3.05) is 11.9 Å². The average molecular weight is 329 g/mol. The van der Waals surface area contributed by atoms with Crippen LogP contribution >= 0.6 is 11.6 Å². The molecule has 0 aromatic heterocycles. The molecule has 0 aliphatic heterocycles. The van der Waals surface area contributed by atoms with Gasteiger partial charge in [0.05, 0.1) is 5.69 Å². The van der Waals surface area contributed by atoms with Gasteiger partial charge in [-0.15, -0.1) is 0 Å². The molecule has 0 saturated heterocycles. The van der Waals surface area contributed by atoms with Crippen LogP contribution in [0.4, 0.5) is 23.7 Å². The van der Waals surface area contributed by atoms with Gasteiger partial charge in [0, 0.05) is 11.6 Å². The summed E-state index contributed by atoms with van der Waals surface area (Å²) < 4.78 is 39.2. The van der Waals surface area contributed by atoms with Crippen LogP contribution in [0.15, 0.2) is 36.4 Å². The number of anilines is 1. The molecule has 2 aromatic rings. The summed E-state index contributed by atoms with van der Waals surface area (Å²) in [4.78, 5) is 11.6. The largest absolute Gasteiger partial charge is 0.338 e. The van der Waals surface area contributed by atoms with Crippen molar-refractivity contribution in [3.05, 3.63) is 64.4 Å². The van der Waals surface area contributed by atoms with Crippen molar-refractivity contribution in [3.8, 4) is 0 Å². The van der Waals surface area contributed by atoms with Crippen LogP contribution < -0.4 is 10.6 Å². The maximum Gasteiger partial charge on any atom is 0.319 e. The molecule has 0 aliphatic rings. The van der Waals surface area contributed by atoms with E-state index in [0.29, 0.717) is 11.4 Å². The standard InChI is InChI=1S/C15H12ClF3N2O/c16-10-3-1-2-9(8-10)6-7-20-15(22)21-12-5-4-11(17)13(18)14(12)19/h1-5,8H,6-7H2,(H2,20,21,22). The predicted molar refractivity (Wildman–Crippen MR) is 78.5 cm³/mol. The Morgan fingerprint density at radius 1 is 1.09 bits per heavy atom. The molecule has 7 heteroatoms. The van der Waals surface area contributed by atoms with Crippen molar-refractivity contribution >= 4 is 23.3 Å². The second-order valence-corrected chi connectivity index (χ2v) is 4.92. The highest BCUT2D eigenvalue weighted by atomic mass is 35.5. The summed E-state index contributed by atoms with van der Waals surface area (Å²) in [6, 6.07) is 8.10. The van der Waals surface area contributed by atoms with Gasteiger partial charge in [0.2, 0.25) is 0 Å². The van der Waals surface area contributed by atoms with Crippen molar-refractivity contribution in [1.29, 1.82) is 0 Å². The number of urea groups is 1. The topological polar surface area (TPSA) is 41.1 Å². The van der Waals surface area contributed by atoms with E-state index < -0.39 is 29.2 Å². The number of nitrogens with one attached hydrogen (secondary N) is 2. The van der Waals surface area contributed by atoms with Crippen molar-refractivity contribution in [3.63, 3.8) is 0 Å². The van der Waals surface area contributed by atoms with Gasteiger partial charge in [-0.1, -0.05) is 23.7 Å². The molecule has 0 fully saturated rings. The highest BCUT2D eigenvalue weighted by molar-refractivity contribution is 6.30. The lowest BCUT2D eigenvalue weighted by Crippen LogP contribution is -2.30. The fourth-order valence-corrected chi connectivity index (χ4v) is 2.01. The van der Waals surface area contributed by atoms with Crippen LogP contribution in [0.25, 0.3) is 0 Å². The van der Waals surface area contributed by atoms with E-state index in [0.717, 1.165) is 17.7 Å². The maximum atomic E-state index is 13.4. The van der Waals surface area contributed by atoms with Crippen molar-refractivity contribution in [2.45, 2.75) is 6.42 Å². The third kappa shape index (κ3) is 4.14. The van der Waals surface area contributed by atoms with Gasteiger partial charge >= 0.3 is 6.03 Å². The summed E-state index contributed by atoms with van der Waals surface area (Å²) >= 11 is 5.83. The van der Waals surface area contributed by atoms with Crippen molar-refractivity contribution in [2.24, 2.45) is 0 Å². The van der Waals surface area contributed by atoms with E-state index in [9.17, 15) is 18.0 Å². The Bertz CT molecular complexity index is 694. The molecule has 0 aliphatic carbocycles. The lowest BCUT2D eigenvalue weighted by Gasteiger charge is -2.09. The molecule has 0 unspecified atom stereocenters. The van der Waals surface area contributed by atoms with Crippen LogP contribution in [0.5, 0.6) is 0 Å². The second-order valence-electron chi connectivity index (χ2n) is 4.48. The van der Waals surface area contributed by atoms with Gasteiger partial charge in [0.25, 0.3) is 0 Å². The summed E-state index contributed by atoms with van der Waals surface area (Å²) in [6.07, 6.45) is 0.522. The van der Waals surface area contributed by atoms with Crippen molar-refractivity contribution < 1.29 is 18.0 Å². The van der Waals surface area contributed by atoms with Gasteiger partial charge in [0.1, 0.15) is 0 Å². The number of rotatable bonds is 4.